The second kappa shape index (κ2) is 8.51. The molecular weight excluding hydrogens is 420 g/mol. The Balaban J connectivity index is 1.95. The first-order valence-electron chi connectivity index (χ1n) is 10.4. The number of nitrogens with one attached hydrogen (secondary N) is 2. The Morgan fingerprint density at radius 3 is 2.50 bits per heavy atom. The van der Waals surface area contributed by atoms with Gasteiger partial charge in [0.2, 0.25) is 0 Å². The zero-order valence-corrected chi connectivity index (χ0v) is 19.4. The molecule has 2 heterocycles. The normalized spacial score (nSPS) is 11.0. The molecule has 1 amide bonds. The summed E-state index contributed by atoms with van der Waals surface area (Å²) in [5.41, 5.74) is 12.6. The summed E-state index contributed by atoms with van der Waals surface area (Å²) in [6, 6.07) is 13.6. The van der Waals surface area contributed by atoms with Gasteiger partial charge >= 0.3 is 0 Å². The van der Waals surface area contributed by atoms with E-state index >= 15 is 0 Å². The summed E-state index contributed by atoms with van der Waals surface area (Å²) in [5, 5.41) is 6.90. The van der Waals surface area contributed by atoms with Crippen LogP contribution < -0.4 is 21.9 Å². The van der Waals surface area contributed by atoms with Crippen LogP contribution in [0.25, 0.3) is 21.2 Å². The highest BCUT2D eigenvalue weighted by Gasteiger charge is 2.19. The molecule has 0 saturated carbocycles. The van der Waals surface area contributed by atoms with Crippen molar-refractivity contribution in [2.45, 2.75) is 20.8 Å². The molecule has 32 heavy (non-hydrogen) atoms. The van der Waals surface area contributed by atoms with Gasteiger partial charge in [0, 0.05) is 48.0 Å². The molecule has 2 aromatic carbocycles. The Kier molecular flexibility index (Phi) is 5.76. The molecule has 0 unspecified atom stereocenters. The van der Waals surface area contributed by atoms with Gasteiger partial charge in [0.25, 0.3) is 11.5 Å². The van der Waals surface area contributed by atoms with Crippen molar-refractivity contribution in [3.8, 4) is 11.1 Å². The number of nitrogens with zero attached hydrogens (tertiary/aromatic N) is 1. The summed E-state index contributed by atoms with van der Waals surface area (Å²) in [4.78, 5) is 25.8. The summed E-state index contributed by atoms with van der Waals surface area (Å²) in [5.74, 6) is -0.178. The highest BCUT2D eigenvalue weighted by Crippen LogP contribution is 2.39. The number of anilines is 3. The van der Waals surface area contributed by atoms with Gasteiger partial charge in [-0.1, -0.05) is 18.2 Å². The Bertz CT molecular complexity index is 1380. The molecule has 0 fully saturated rings. The number of nitrogens with two attached hydrogens (primary N) is 1. The van der Waals surface area contributed by atoms with Crippen molar-refractivity contribution >= 4 is 44.4 Å². The molecule has 0 spiro atoms. The minimum Gasteiger partial charge on any atom is -0.399 e. The number of aryl methyl sites for hydroxylation is 3. The molecule has 0 aliphatic rings. The molecule has 2 aromatic heterocycles. The molecule has 0 bridgehead atoms. The molecule has 0 aliphatic carbocycles. The molecule has 7 heteroatoms. The molecule has 0 radical (unpaired) electrons. The number of carbonyl (C=O) groups is 1. The Morgan fingerprint density at radius 2 is 1.81 bits per heavy atom. The number of rotatable bonds is 5. The molecule has 0 aliphatic heterocycles. The van der Waals surface area contributed by atoms with E-state index in [1.54, 1.807) is 17.7 Å². The van der Waals surface area contributed by atoms with Crippen molar-refractivity contribution in [2.24, 2.45) is 7.05 Å². The van der Waals surface area contributed by atoms with Gasteiger partial charge in [-0.3, -0.25) is 9.59 Å². The van der Waals surface area contributed by atoms with E-state index in [0.29, 0.717) is 22.5 Å². The number of fused-ring (bicyclic) bond motifs is 1. The standard InChI is InChI=1S/C25H26N4O2S/c1-5-27-24(30)21-12-18-23(32-21)19(13-29(4)25(18)31)17-11-16(26)9-10-20(17)28-22-14(2)7-6-8-15(22)3/h6-13,28H,5,26H2,1-4H3,(H,27,30). The van der Waals surface area contributed by atoms with Crippen molar-refractivity contribution in [2.75, 3.05) is 17.6 Å². The van der Waals surface area contributed by atoms with Crippen LogP contribution in [0.4, 0.5) is 17.1 Å². The predicted octanol–water partition coefficient (Wildman–Crippen LogP) is 4.96. The highest BCUT2D eigenvalue weighted by molar-refractivity contribution is 7.21. The van der Waals surface area contributed by atoms with E-state index in [2.05, 4.69) is 36.6 Å². The van der Waals surface area contributed by atoms with E-state index in [9.17, 15) is 9.59 Å². The number of nitrogen functional groups attached to an aromatic ring is 1. The van der Waals surface area contributed by atoms with E-state index in [1.807, 2.05) is 37.4 Å². The molecule has 0 atom stereocenters. The molecule has 4 aromatic rings. The molecular formula is C25H26N4O2S. The highest BCUT2D eigenvalue weighted by atomic mass is 32.1. The lowest BCUT2D eigenvalue weighted by Crippen LogP contribution is -2.21. The lowest BCUT2D eigenvalue weighted by molar-refractivity contribution is 0.0960. The number of hydrogen-bond donors (Lipinski definition) is 3. The second-order valence-electron chi connectivity index (χ2n) is 7.87. The summed E-state index contributed by atoms with van der Waals surface area (Å²) < 4.78 is 2.32. The number of benzene rings is 2. The maximum Gasteiger partial charge on any atom is 0.261 e. The van der Waals surface area contributed by atoms with Gasteiger partial charge in [-0.15, -0.1) is 11.3 Å². The molecule has 4 N–H and O–H groups in total. The number of para-hydroxylation sites is 1. The Labute approximate surface area is 190 Å². The first-order valence-corrected chi connectivity index (χ1v) is 11.3. The van der Waals surface area contributed by atoms with Gasteiger partial charge in [-0.05, 0) is 56.2 Å². The maximum absolute atomic E-state index is 12.8. The van der Waals surface area contributed by atoms with Crippen LogP contribution in [0.2, 0.25) is 0 Å². The monoisotopic (exact) mass is 446 g/mol. The largest absolute Gasteiger partial charge is 0.399 e. The van der Waals surface area contributed by atoms with Crippen molar-refractivity contribution in [1.82, 2.24) is 9.88 Å². The molecule has 164 valence electrons. The number of amides is 1. The quantitative estimate of drug-likeness (QED) is 0.378. The number of carbonyl (C=O) groups excluding carboxylic acids is 1. The van der Waals surface area contributed by atoms with Gasteiger partial charge in [0.1, 0.15) is 0 Å². The Hall–Kier alpha value is -3.58. The number of thiophene rings is 1. The third kappa shape index (κ3) is 3.87. The van der Waals surface area contributed by atoms with Crippen molar-refractivity contribution < 1.29 is 4.79 Å². The zero-order chi connectivity index (χ0) is 23.0. The van der Waals surface area contributed by atoms with E-state index in [1.165, 1.54) is 11.3 Å². The summed E-state index contributed by atoms with van der Waals surface area (Å²) >= 11 is 1.32. The fourth-order valence-corrected chi connectivity index (χ4v) is 4.93. The van der Waals surface area contributed by atoms with Gasteiger partial charge in [0.15, 0.2) is 0 Å². The first kappa shape index (κ1) is 21.6. The van der Waals surface area contributed by atoms with Crippen LogP contribution >= 0.6 is 11.3 Å². The summed E-state index contributed by atoms with van der Waals surface area (Å²) in [6.07, 6.45) is 1.81. The van der Waals surface area contributed by atoms with Gasteiger partial charge < -0.3 is 20.9 Å². The minimum absolute atomic E-state index is 0.135. The summed E-state index contributed by atoms with van der Waals surface area (Å²) in [7, 11) is 1.72. The molecule has 0 saturated heterocycles. The molecule has 6 nitrogen and oxygen atoms in total. The lowest BCUT2D eigenvalue weighted by Gasteiger charge is -2.17. The summed E-state index contributed by atoms with van der Waals surface area (Å²) in [6.45, 7) is 6.52. The third-order valence-corrected chi connectivity index (χ3v) is 6.65. The van der Waals surface area contributed by atoms with Crippen LogP contribution in [-0.4, -0.2) is 17.0 Å². The van der Waals surface area contributed by atoms with Crippen molar-refractivity contribution in [3.05, 3.63) is 75.0 Å². The average molecular weight is 447 g/mol. The van der Waals surface area contributed by atoms with Crippen LogP contribution in [0, 0.1) is 13.8 Å². The van der Waals surface area contributed by atoms with Crippen LogP contribution in [0.1, 0.15) is 27.7 Å². The SMILES string of the molecule is CCNC(=O)c1cc2c(=O)n(C)cc(-c3cc(N)ccc3Nc3c(C)cccc3C)c2s1. The van der Waals surface area contributed by atoms with Crippen LogP contribution in [-0.2, 0) is 7.05 Å². The fourth-order valence-electron chi connectivity index (χ4n) is 3.84. The fraction of sp³-hybridized carbons (Fsp3) is 0.200. The van der Waals surface area contributed by atoms with Gasteiger partial charge in [-0.25, -0.2) is 0 Å². The molecule has 4 rings (SSSR count). The van der Waals surface area contributed by atoms with Crippen molar-refractivity contribution in [1.29, 1.82) is 0 Å². The van der Waals surface area contributed by atoms with Crippen LogP contribution in [0.15, 0.2) is 53.5 Å². The second-order valence-corrected chi connectivity index (χ2v) is 8.92. The van der Waals surface area contributed by atoms with Crippen molar-refractivity contribution in [3.63, 3.8) is 0 Å². The number of aromatic nitrogens is 1. The first-order chi connectivity index (χ1) is 15.3. The predicted molar refractivity (Wildman–Crippen MR) is 134 cm³/mol. The van der Waals surface area contributed by atoms with Gasteiger partial charge in [0.05, 0.1) is 15.0 Å². The average Bonchev–Trinajstić information content (AvgIpc) is 3.20. The van der Waals surface area contributed by atoms with E-state index in [-0.39, 0.29) is 11.5 Å². The topological polar surface area (TPSA) is 89.2 Å². The zero-order valence-electron chi connectivity index (χ0n) is 18.6. The van der Waals surface area contributed by atoms with E-state index in [4.69, 9.17) is 5.73 Å². The number of pyridine rings is 1. The Morgan fingerprint density at radius 1 is 1.09 bits per heavy atom. The minimum atomic E-state index is -0.178. The maximum atomic E-state index is 12.8. The van der Waals surface area contributed by atoms with E-state index < -0.39 is 0 Å². The number of hydrogen-bond acceptors (Lipinski definition) is 5. The van der Waals surface area contributed by atoms with Crippen LogP contribution in [0.5, 0.6) is 0 Å². The van der Waals surface area contributed by atoms with Crippen LogP contribution in [0.3, 0.4) is 0 Å². The lowest BCUT2D eigenvalue weighted by atomic mass is 10.0. The van der Waals surface area contributed by atoms with E-state index in [0.717, 1.165) is 38.3 Å². The van der Waals surface area contributed by atoms with Gasteiger partial charge in [-0.2, -0.15) is 0 Å². The smallest absolute Gasteiger partial charge is 0.261 e. The third-order valence-electron chi connectivity index (χ3n) is 5.49.